The first-order chi connectivity index (χ1) is 5.74. The molecule has 1 N–H and O–H groups in total. The summed E-state index contributed by atoms with van der Waals surface area (Å²) in [7, 11) is 0. The second kappa shape index (κ2) is 4.12. The molecule has 12 heavy (non-hydrogen) atoms. The van der Waals surface area contributed by atoms with Gasteiger partial charge in [0.25, 0.3) is 0 Å². The van der Waals surface area contributed by atoms with E-state index in [-0.39, 0.29) is 12.7 Å². The Balaban J connectivity index is 2.69. The smallest absolute Gasteiger partial charge is 0.122 e. The summed E-state index contributed by atoms with van der Waals surface area (Å²) in [5.41, 5.74) is 1.10. The minimum absolute atomic E-state index is 0.0499. The maximum Gasteiger partial charge on any atom is 0.122 e. The van der Waals surface area contributed by atoms with Crippen molar-refractivity contribution in [2.75, 3.05) is 6.61 Å². The van der Waals surface area contributed by atoms with Gasteiger partial charge in [0.15, 0.2) is 0 Å². The van der Waals surface area contributed by atoms with E-state index in [4.69, 9.17) is 9.84 Å². The lowest BCUT2D eigenvalue weighted by Gasteiger charge is -2.13. The van der Waals surface area contributed by atoms with E-state index in [1.165, 1.54) is 0 Å². The summed E-state index contributed by atoms with van der Waals surface area (Å²) in [5.74, 6) is 0.846. The van der Waals surface area contributed by atoms with Crippen LogP contribution in [0.25, 0.3) is 0 Å². The predicted octanol–water partition coefficient (Wildman–Crippen LogP) is 1.75. The topological polar surface area (TPSA) is 29.5 Å². The Kier molecular flexibility index (Phi) is 3.11. The molecule has 0 heterocycles. The molecule has 0 amide bonds. The van der Waals surface area contributed by atoms with E-state index in [2.05, 4.69) is 0 Å². The SMILES string of the molecule is Cc1ccccc1O[C@H](C)CO. The molecular weight excluding hydrogens is 152 g/mol. The third-order valence-electron chi connectivity index (χ3n) is 1.68. The zero-order valence-electron chi connectivity index (χ0n) is 7.45. The Morgan fingerprint density at radius 1 is 1.42 bits per heavy atom. The van der Waals surface area contributed by atoms with Gasteiger partial charge in [0, 0.05) is 0 Å². The highest BCUT2D eigenvalue weighted by Crippen LogP contribution is 2.17. The first kappa shape index (κ1) is 9.07. The molecule has 1 aromatic rings. The highest BCUT2D eigenvalue weighted by atomic mass is 16.5. The van der Waals surface area contributed by atoms with Crippen molar-refractivity contribution >= 4 is 0 Å². The van der Waals surface area contributed by atoms with E-state index in [0.29, 0.717) is 0 Å². The van der Waals surface area contributed by atoms with Gasteiger partial charge in [-0.3, -0.25) is 0 Å². The van der Waals surface area contributed by atoms with Crippen molar-refractivity contribution in [3.63, 3.8) is 0 Å². The summed E-state index contributed by atoms with van der Waals surface area (Å²) in [6, 6.07) is 7.78. The van der Waals surface area contributed by atoms with Gasteiger partial charge < -0.3 is 9.84 Å². The van der Waals surface area contributed by atoms with Gasteiger partial charge in [-0.25, -0.2) is 0 Å². The highest BCUT2D eigenvalue weighted by molar-refractivity contribution is 5.31. The number of ether oxygens (including phenoxy) is 1. The van der Waals surface area contributed by atoms with Gasteiger partial charge in [0.05, 0.1) is 6.61 Å². The Hall–Kier alpha value is -1.02. The fourth-order valence-corrected chi connectivity index (χ4v) is 0.943. The summed E-state index contributed by atoms with van der Waals surface area (Å²) < 4.78 is 5.44. The summed E-state index contributed by atoms with van der Waals surface area (Å²) in [4.78, 5) is 0. The van der Waals surface area contributed by atoms with Crippen LogP contribution in [0.3, 0.4) is 0 Å². The van der Waals surface area contributed by atoms with Crippen LogP contribution in [0.4, 0.5) is 0 Å². The van der Waals surface area contributed by atoms with Crippen molar-refractivity contribution in [3.05, 3.63) is 29.8 Å². The van der Waals surface area contributed by atoms with Gasteiger partial charge in [0.1, 0.15) is 11.9 Å². The van der Waals surface area contributed by atoms with Gasteiger partial charge >= 0.3 is 0 Å². The Labute approximate surface area is 72.8 Å². The number of aliphatic hydroxyl groups excluding tert-OH is 1. The number of aliphatic hydroxyl groups is 1. The molecule has 0 saturated carbocycles. The average Bonchev–Trinajstić information content (AvgIpc) is 2.09. The fraction of sp³-hybridized carbons (Fsp3) is 0.400. The first-order valence-corrected chi connectivity index (χ1v) is 4.07. The summed E-state index contributed by atoms with van der Waals surface area (Å²) in [6.07, 6.45) is -0.133. The summed E-state index contributed by atoms with van der Waals surface area (Å²) in [6.45, 7) is 3.88. The maximum absolute atomic E-state index is 8.76. The van der Waals surface area contributed by atoms with Crippen molar-refractivity contribution in [3.8, 4) is 5.75 Å². The average molecular weight is 166 g/mol. The molecule has 0 aliphatic carbocycles. The van der Waals surface area contributed by atoms with Crippen LogP contribution in [0.1, 0.15) is 12.5 Å². The van der Waals surface area contributed by atoms with E-state index >= 15 is 0 Å². The van der Waals surface area contributed by atoms with E-state index < -0.39 is 0 Å². The molecular formula is C10H14O2. The normalized spacial score (nSPS) is 12.6. The number of hydrogen-bond acceptors (Lipinski definition) is 2. The number of benzene rings is 1. The monoisotopic (exact) mass is 166 g/mol. The number of para-hydroxylation sites is 1. The number of rotatable bonds is 3. The van der Waals surface area contributed by atoms with Gasteiger partial charge in [-0.05, 0) is 25.5 Å². The lowest BCUT2D eigenvalue weighted by atomic mass is 10.2. The Morgan fingerprint density at radius 3 is 2.67 bits per heavy atom. The molecule has 0 aliphatic rings. The molecule has 1 atom stereocenters. The van der Waals surface area contributed by atoms with Gasteiger partial charge in [-0.15, -0.1) is 0 Å². The zero-order chi connectivity index (χ0) is 8.97. The molecule has 0 fully saturated rings. The van der Waals surface area contributed by atoms with Crippen molar-refractivity contribution in [2.45, 2.75) is 20.0 Å². The van der Waals surface area contributed by atoms with Gasteiger partial charge in [0.2, 0.25) is 0 Å². The lowest BCUT2D eigenvalue weighted by molar-refractivity contribution is 0.129. The standard InChI is InChI=1S/C10H14O2/c1-8-5-3-4-6-10(8)12-9(2)7-11/h3-6,9,11H,7H2,1-2H3/t9-/m1/s1. The van der Waals surface area contributed by atoms with E-state index in [9.17, 15) is 0 Å². The predicted molar refractivity (Wildman–Crippen MR) is 48.4 cm³/mol. The molecule has 0 aromatic heterocycles. The van der Waals surface area contributed by atoms with Crippen LogP contribution in [-0.2, 0) is 0 Å². The van der Waals surface area contributed by atoms with Crippen LogP contribution in [0.15, 0.2) is 24.3 Å². The maximum atomic E-state index is 8.76. The minimum atomic E-state index is -0.133. The van der Waals surface area contributed by atoms with Gasteiger partial charge in [-0.1, -0.05) is 18.2 Å². The Morgan fingerprint density at radius 2 is 2.08 bits per heavy atom. The second-order valence-electron chi connectivity index (χ2n) is 2.88. The highest BCUT2D eigenvalue weighted by Gasteiger charge is 2.02. The third kappa shape index (κ3) is 2.24. The van der Waals surface area contributed by atoms with Crippen molar-refractivity contribution < 1.29 is 9.84 Å². The molecule has 0 unspecified atom stereocenters. The van der Waals surface area contributed by atoms with Gasteiger partial charge in [-0.2, -0.15) is 0 Å². The van der Waals surface area contributed by atoms with Crippen LogP contribution in [0.5, 0.6) is 5.75 Å². The molecule has 2 nitrogen and oxygen atoms in total. The van der Waals surface area contributed by atoms with Crippen LogP contribution in [0.2, 0.25) is 0 Å². The van der Waals surface area contributed by atoms with Crippen LogP contribution < -0.4 is 4.74 Å². The molecule has 0 bridgehead atoms. The number of aryl methyl sites for hydroxylation is 1. The van der Waals surface area contributed by atoms with E-state index in [0.717, 1.165) is 11.3 Å². The summed E-state index contributed by atoms with van der Waals surface area (Å²) in [5, 5.41) is 8.76. The molecule has 0 aliphatic heterocycles. The zero-order valence-corrected chi connectivity index (χ0v) is 7.45. The third-order valence-corrected chi connectivity index (χ3v) is 1.68. The van der Waals surface area contributed by atoms with E-state index in [1.807, 2.05) is 38.1 Å². The van der Waals surface area contributed by atoms with Crippen molar-refractivity contribution in [1.82, 2.24) is 0 Å². The molecule has 0 radical (unpaired) electrons. The fourth-order valence-electron chi connectivity index (χ4n) is 0.943. The largest absolute Gasteiger partial charge is 0.488 e. The number of hydrogen-bond donors (Lipinski definition) is 1. The lowest BCUT2D eigenvalue weighted by Crippen LogP contribution is -2.16. The van der Waals surface area contributed by atoms with E-state index in [1.54, 1.807) is 0 Å². The quantitative estimate of drug-likeness (QED) is 0.741. The Bertz CT molecular complexity index is 245. The van der Waals surface area contributed by atoms with Crippen molar-refractivity contribution in [1.29, 1.82) is 0 Å². The first-order valence-electron chi connectivity index (χ1n) is 4.07. The second-order valence-corrected chi connectivity index (χ2v) is 2.88. The molecule has 1 aromatic carbocycles. The van der Waals surface area contributed by atoms with Crippen molar-refractivity contribution in [2.24, 2.45) is 0 Å². The molecule has 2 heteroatoms. The van der Waals surface area contributed by atoms with Crippen LogP contribution in [-0.4, -0.2) is 17.8 Å². The molecule has 0 spiro atoms. The van der Waals surface area contributed by atoms with Crippen LogP contribution in [0, 0.1) is 6.92 Å². The van der Waals surface area contributed by atoms with Crippen LogP contribution >= 0.6 is 0 Å². The molecule has 66 valence electrons. The minimum Gasteiger partial charge on any atom is -0.488 e. The summed E-state index contributed by atoms with van der Waals surface area (Å²) >= 11 is 0. The molecule has 0 saturated heterocycles. The molecule has 1 rings (SSSR count).